The van der Waals surface area contributed by atoms with Crippen LogP contribution in [0.1, 0.15) is 46.5 Å². The minimum atomic E-state index is -0.431. The van der Waals surface area contributed by atoms with Gasteiger partial charge in [0.1, 0.15) is 5.60 Å². The fraction of sp³-hybridized carbons (Fsp3) is 0.846. The molecule has 0 aromatic carbocycles. The van der Waals surface area contributed by atoms with E-state index in [2.05, 4.69) is 4.99 Å². The molecule has 1 spiro atoms. The molecule has 1 aliphatic carbocycles. The third kappa shape index (κ3) is 2.76. The van der Waals surface area contributed by atoms with Crippen LogP contribution in [0, 0.1) is 0 Å². The zero-order chi connectivity index (χ0) is 13.4. The molecule has 2 fully saturated rings. The summed E-state index contributed by atoms with van der Waals surface area (Å²) in [5, 5.41) is 0. The van der Waals surface area contributed by atoms with Crippen LogP contribution in [-0.4, -0.2) is 41.1 Å². The molecule has 1 saturated carbocycles. The minimum absolute atomic E-state index is 0.00222. The average Bonchev–Trinajstić information content (AvgIpc) is 2.96. The molecule has 5 nitrogen and oxygen atoms in total. The largest absolute Gasteiger partial charge is 0.444 e. The lowest BCUT2D eigenvalue weighted by atomic mass is 9.96. The number of hydrogen-bond acceptors (Lipinski definition) is 3. The summed E-state index contributed by atoms with van der Waals surface area (Å²) >= 11 is 0. The van der Waals surface area contributed by atoms with E-state index in [4.69, 9.17) is 10.5 Å². The van der Waals surface area contributed by atoms with E-state index in [1.54, 1.807) is 0 Å². The first-order chi connectivity index (χ1) is 8.36. The Kier molecular flexibility index (Phi) is 3.25. The number of aliphatic imine (C=N–C) groups is 1. The Labute approximate surface area is 108 Å². The van der Waals surface area contributed by atoms with Gasteiger partial charge in [-0.25, -0.2) is 4.79 Å². The molecule has 5 heteroatoms. The Morgan fingerprint density at radius 2 is 2.17 bits per heavy atom. The number of hydrogen-bond donors (Lipinski definition) is 1. The summed E-state index contributed by atoms with van der Waals surface area (Å²) in [6.07, 6.45) is 5.10. The number of carbonyl (C=O) groups excluding carboxylic acids is 1. The van der Waals surface area contributed by atoms with Gasteiger partial charge in [-0.3, -0.25) is 4.99 Å². The lowest BCUT2D eigenvalue weighted by molar-refractivity contribution is 0.00420. The zero-order valence-electron chi connectivity index (χ0n) is 11.5. The second kappa shape index (κ2) is 4.44. The first-order valence-corrected chi connectivity index (χ1v) is 6.60. The van der Waals surface area contributed by atoms with E-state index in [0.717, 1.165) is 32.2 Å². The van der Waals surface area contributed by atoms with Crippen molar-refractivity contribution in [2.24, 2.45) is 10.7 Å². The topological polar surface area (TPSA) is 67.9 Å². The standard InChI is InChI=1S/C13H23N3O2/c1-12(2,3)18-11(17)16-7-4-10(15-9-14)8-13(16)5-6-13/h9-10H,4-8H2,1-3H3,(H2,14,15). The van der Waals surface area contributed by atoms with Crippen molar-refractivity contribution in [3.63, 3.8) is 0 Å². The van der Waals surface area contributed by atoms with Gasteiger partial charge in [0.25, 0.3) is 0 Å². The van der Waals surface area contributed by atoms with Crippen LogP contribution in [0.25, 0.3) is 0 Å². The van der Waals surface area contributed by atoms with Crippen LogP contribution >= 0.6 is 0 Å². The van der Waals surface area contributed by atoms with Gasteiger partial charge < -0.3 is 15.4 Å². The Morgan fingerprint density at radius 1 is 1.50 bits per heavy atom. The lowest BCUT2D eigenvalue weighted by Gasteiger charge is -2.39. The Hall–Kier alpha value is -1.26. The third-order valence-corrected chi connectivity index (χ3v) is 3.61. The van der Waals surface area contributed by atoms with E-state index in [-0.39, 0.29) is 17.7 Å². The first kappa shape index (κ1) is 13.2. The monoisotopic (exact) mass is 253 g/mol. The highest BCUT2D eigenvalue weighted by atomic mass is 16.6. The van der Waals surface area contributed by atoms with E-state index in [9.17, 15) is 4.79 Å². The quantitative estimate of drug-likeness (QED) is 0.573. The van der Waals surface area contributed by atoms with Crippen LogP contribution in [0.15, 0.2) is 4.99 Å². The molecule has 0 aromatic heterocycles. The number of piperidine rings is 1. The Morgan fingerprint density at radius 3 is 2.67 bits per heavy atom. The van der Waals surface area contributed by atoms with Gasteiger partial charge in [0.05, 0.1) is 12.4 Å². The molecule has 0 bridgehead atoms. The summed E-state index contributed by atoms with van der Waals surface area (Å²) < 4.78 is 5.47. The van der Waals surface area contributed by atoms with Gasteiger partial charge in [-0.1, -0.05) is 0 Å². The van der Waals surface area contributed by atoms with Crippen LogP contribution in [0.4, 0.5) is 4.79 Å². The highest BCUT2D eigenvalue weighted by molar-refractivity contribution is 5.70. The summed E-state index contributed by atoms with van der Waals surface area (Å²) in [5.41, 5.74) is 4.92. The molecule has 2 N–H and O–H groups in total. The predicted molar refractivity (Wildman–Crippen MR) is 70.6 cm³/mol. The summed E-state index contributed by atoms with van der Waals surface area (Å²) in [5.74, 6) is 0. The number of nitrogens with two attached hydrogens (primary N) is 1. The molecule has 1 atom stereocenters. The molecule has 2 aliphatic rings. The number of carbonyl (C=O) groups is 1. The van der Waals surface area contributed by atoms with E-state index >= 15 is 0 Å². The van der Waals surface area contributed by atoms with Crippen molar-refractivity contribution >= 4 is 12.4 Å². The van der Waals surface area contributed by atoms with Gasteiger partial charge in [-0.2, -0.15) is 0 Å². The molecular formula is C13H23N3O2. The number of ether oxygens (including phenoxy) is 1. The Bertz CT molecular complexity index is 356. The van der Waals surface area contributed by atoms with E-state index in [1.807, 2.05) is 25.7 Å². The second-order valence-electron chi connectivity index (χ2n) is 6.30. The van der Waals surface area contributed by atoms with Crippen molar-refractivity contribution in [3.8, 4) is 0 Å². The fourth-order valence-corrected chi connectivity index (χ4v) is 2.64. The zero-order valence-corrected chi connectivity index (χ0v) is 11.5. The smallest absolute Gasteiger partial charge is 0.410 e. The predicted octanol–water partition coefficient (Wildman–Crippen LogP) is 1.91. The minimum Gasteiger partial charge on any atom is -0.444 e. The van der Waals surface area contributed by atoms with Gasteiger partial charge in [0, 0.05) is 12.1 Å². The van der Waals surface area contributed by atoms with Gasteiger partial charge in [-0.15, -0.1) is 0 Å². The molecular weight excluding hydrogens is 230 g/mol. The molecule has 102 valence electrons. The second-order valence-corrected chi connectivity index (χ2v) is 6.30. The van der Waals surface area contributed by atoms with Gasteiger partial charge >= 0.3 is 6.09 Å². The third-order valence-electron chi connectivity index (χ3n) is 3.61. The van der Waals surface area contributed by atoms with Crippen molar-refractivity contribution < 1.29 is 9.53 Å². The molecule has 1 saturated heterocycles. The highest BCUT2D eigenvalue weighted by Crippen LogP contribution is 2.49. The van der Waals surface area contributed by atoms with Crippen LogP contribution in [0.5, 0.6) is 0 Å². The van der Waals surface area contributed by atoms with Gasteiger partial charge in [0.2, 0.25) is 0 Å². The van der Waals surface area contributed by atoms with Crippen LogP contribution in [0.3, 0.4) is 0 Å². The van der Waals surface area contributed by atoms with Crippen LogP contribution in [-0.2, 0) is 4.74 Å². The SMILES string of the molecule is CC(C)(C)OC(=O)N1CCC(N=CN)CC12CC2. The van der Waals surface area contributed by atoms with Crippen molar-refractivity contribution in [2.75, 3.05) is 6.54 Å². The number of rotatable bonds is 1. The lowest BCUT2D eigenvalue weighted by Crippen LogP contribution is -2.50. The molecule has 1 unspecified atom stereocenters. The van der Waals surface area contributed by atoms with Crippen LogP contribution in [0.2, 0.25) is 0 Å². The van der Waals surface area contributed by atoms with Crippen molar-refractivity contribution in [3.05, 3.63) is 0 Å². The molecule has 18 heavy (non-hydrogen) atoms. The van der Waals surface area contributed by atoms with Gasteiger partial charge in [-0.05, 0) is 46.5 Å². The maximum Gasteiger partial charge on any atom is 0.410 e. The normalized spacial score (nSPS) is 26.6. The molecule has 1 heterocycles. The Balaban J connectivity index is 2.01. The van der Waals surface area contributed by atoms with Crippen molar-refractivity contribution in [1.82, 2.24) is 4.90 Å². The van der Waals surface area contributed by atoms with E-state index < -0.39 is 5.60 Å². The summed E-state index contributed by atoms with van der Waals surface area (Å²) in [4.78, 5) is 18.3. The summed E-state index contributed by atoms with van der Waals surface area (Å²) in [6, 6.07) is 0.260. The van der Waals surface area contributed by atoms with E-state index in [1.165, 1.54) is 6.34 Å². The number of amides is 1. The number of nitrogens with zero attached hydrogens (tertiary/aromatic N) is 2. The van der Waals surface area contributed by atoms with Crippen molar-refractivity contribution in [2.45, 2.75) is 63.6 Å². The van der Waals surface area contributed by atoms with Crippen LogP contribution < -0.4 is 5.73 Å². The first-order valence-electron chi connectivity index (χ1n) is 6.60. The average molecular weight is 253 g/mol. The summed E-state index contributed by atoms with van der Waals surface area (Å²) in [7, 11) is 0. The maximum atomic E-state index is 12.2. The number of likely N-dealkylation sites (tertiary alicyclic amines) is 1. The van der Waals surface area contributed by atoms with E-state index in [0.29, 0.717) is 0 Å². The highest BCUT2D eigenvalue weighted by Gasteiger charge is 2.54. The molecule has 1 aliphatic heterocycles. The molecule has 0 aromatic rings. The maximum absolute atomic E-state index is 12.2. The molecule has 2 rings (SSSR count). The molecule has 1 amide bonds. The fourth-order valence-electron chi connectivity index (χ4n) is 2.64. The van der Waals surface area contributed by atoms with Gasteiger partial charge in [0.15, 0.2) is 0 Å². The van der Waals surface area contributed by atoms with Crippen molar-refractivity contribution in [1.29, 1.82) is 0 Å². The molecule has 0 radical (unpaired) electrons. The summed E-state index contributed by atoms with van der Waals surface area (Å²) in [6.45, 7) is 6.42.